The van der Waals surface area contributed by atoms with Crippen molar-refractivity contribution < 1.29 is 4.79 Å². The lowest BCUT2D eigenvalue weighted by molar-refractivity contribution is 0.0754. The number of benzene rings is 1. The molecule has 1 heterocycles. The molecule has 1 amide bonds. The molecule has 0 spiro atoms. The first-order chi connectivity index (χ1) is 8.49. The summed E-state index contributed by atoms with van der Waals surface area (Å²) in [5, 5.41) is 0.979. The Morgan fingerprint density at radius 1 is 1.33 bits per heavy atom. The Hall–Kier alpha value is -1.16. The first-order valence-electron chi connectivity index (χ1n) is 6.29. The van der Waals surface area contributed by atoms with Crippen LogP contribution < -0.4 is 5.73 Å². The van der Waals surface area contributed by atoms with Gasteiger partial charge in [-0.3, -0.25) is 4.79 Å². The summed E-state index contributed by atoms with van der Waals surface area (Å²) >= 11 is 1.94. The lowest BCUT2D eigenvalue weighted by Gasteiger charge is -2.34. The molecule has 0 aromatic heterocycles. The SMILES string of the molecule is Cc1cccc(C(=O)N2CC(C)SC(C)C2)c1N. The van der Waals surface area contributed by atoms with Crippen molar-refractivity contribution in [2.75, 3.05) is 18.8 Å². The summed E-state index contributed by atoms with van der Waals surface area (Å²) in [6.45, 7) is 7.88. The second kappa shape index (κ2) is 5.22. The Kier molecular flexibility index (Phi) is 3.85. The van der Waals surface area contributed by atoms with Gasteiger partial charge in [0.25, 0.3) is 5.91 Å². The molecule has 1 aromatic rings. The van der Waals surface area contributed by atoms with E-state index in [0.717, 1.165) is 18.7 Å². The first-order valence-corrected chi connectivity index (χ1v) is 7.23. The Morgan fingerprint density at radius 3 is 2.56 bits per heavy atom. The number of hydrogen-bond donors (Lipinski definition) is 1. The zero-order valence-corrected chi connectivity index (χ0v) is 12.0. The third-order valence-corrected chi connectivity index (χ3v) is 4.49. The Bertz CT molecular complexity index is 451. The number of para-hydroxylation sites is 1. The van der Waals surface area contributed by atoms with Crippen molar-refractivity contribution in [1.82, 2.24) is 4.90 Å². The van der Waals surface area contributed by atoms with Crippen molar-refractivity contribution in [3.63, 3.8) is 0 Å². The lowest BCUT2D eigenvalue weighted by atomic mass is 10.1. The van der Waals surface area contributed by atoms with E-state index in [0.29, 0.717) is 21.8 Å². The number of aryl methyl sites for hydroxylation is 1. The molecule has 0 radical (unpaired) electrons. The van der Waals surface area contributed by atoms with E-state index in [2.05, 4.69) is 13.8 Å². The second-order valence-corrected chi connectivity index (χ2v) is 6.89. The normalized spacial score (nSPS) is 24.1. The van der Waals surface area contributed by atoms with Crippen LogP contribution in [0.5, 0.6) is 0 Å². The van der Waals surface area contributed by atoms with Crippen LogP contribution in [0, 0.1) is 6.92 Å². The summed E-state index contributed by atoms with van der Waals surface area (Å²) < 4.78 is 0. The fourth-order valence-electron chi connectivity index (χ4n) is 2.38. The number of nitrogens with zero attached hydrogens (tertiary/aromatic N) is 1. The van der Waals surface area contributed by atoms with Crippen LogP contribution in [0.2, 0.25) is 0 Å². The van der Waals surface area contributed by atoms with Gasteiger partial charge >= 0.3 is 0 Å². The molecule has 1 fully saturated rings. The Labute approximate surface area is 113 Å². The molecule has 0 saturated carbocycles. The van der Waals surface area contributed by atoms with Gasteiger partial charge in [-0.15, -0.1) is 0 Å². The Morgan fingerprint density at radius 2 is 1.94 bits per heavy atom. The number of nitrogens with two attached hydrogens (primary N) is 1. The highest BCUT2D eigenvalue weighted by Crippen LogP contribution is 2.27. The van der Waals surface area contributed by atoms with Crippen LogP contribution in [-0.2, 0) is 0 Å². The molecule has 2 rings (SSSR count). The van der Waals surface area contributed by atoms with Gasteiger partial charge in [-0.25, -0.2) is 0 Å². The van der Waals surface area contributed by atoms with E-state index >= 15 is 0 Å². The molecule has 2 unspecified atom stereocenters. The van der Waals surface area contributed by atoms with Gasteiger partial charge in [0.15, 0.2) is 0 Å². The van der Waals surface area contributed by atoms with Gasteiger partial charge in [-0.2, -0.15) is 11.8 Å². The van der Waals surface area contributed by atoms with E-state index in [9.17, 15) is 4.79 Å². The average Bonchev–Trinajstić information content (AvgIpc) is 2.30. The van der Waals surface area contributed by atoms with Crippen LogP contribution in [-0.4, -0.2) is 34.4 Å². The van der Waals surface area contributed by atoms with Crippen molar-refractivity contribution >= 4 is 23.4 Å². The fourth-order valence-corrected chi connectivity index (χ4v) is 3.71. The molecule has 18 heavy (non-hydrogen) atoms. The van der Waals surface area contributed by atoms with Crippen LogP contribution in [0.1, 0.15) is 29.8 Å². The summed E-state index contributed by atoms with van der Waals surface area (Å²) in [7, 11) is 0. The molecule has 3 nitrogen and oxygen atoms in total. The number of amides is 1. The summed E-state index contributed by atoms with van der Waals surface area (Å²) in [6.07, 6.45) is 0. The van der Waals surface area contributed by atoms with Crippen molar-refractivity contribution in [3.05, 3.63) is 29.3 Å². The van der Waals surface area contributed by atoms with E-state index < -0.39 is 0 Å². The van der Waals surface area contributed by atoms with Crippen LogP contribution in [0.15, 0.2) is 18.2 Å². The monoisotopic (exact) mass is 264 g/mol. The minimum absolute atomic E-state index is 0.0650. The van der Waals surface area contributed by atoms with E-state index in [4.69, 9.17) is 5.73 Å². The summed E-state index contributed by atoms with van der Waals surface area (Å²) in [5.74, 6) is 0.0650. The highest BCUT2D eigenvalue weighted by atomic mass is 32.2. The van der Waals surface area contributed by atoms with Crippen LogP contribution in [0.4, 0.5) is 5.69 Å². The number of anilines is 1. The van der Waals surface area contributed by atoms with Crippen molar-refractivity contribution in [2.45, 2.75) is 31.3 Å². The molecule has 2 atom stereocenters. The number of hydrogen-bond acceptors (Lipinski definition) is 3. The van der Waals surface area contributed by atoms with Gasteiger partial charge in [0.1, 0.15) is 0 Å². The maximum absolute atomic E-state index is 12.5. The highest BCUT2D eigenvalue weighted by molar-refractivity contribution is 8.00. The zero-order chi connectivity index (χ0) is 13.3. The topological polar surface area (TPSA) is 46.3 Å². The minimum atomic E-state index is 0.0650. The molecule has 1 saturated heterocycles. The van der Waals surface area contributed by atoms with Crippen molar-refractivity contribution in [3.8, 4) is 0 Å². The van der Waals surface area contributed by atoms with Gasteiger partial charge in [-0.05, 0) is 18.6 Å². The quantitative estimate of drug-likeness (QED) is 0.793. The molecule has 98 valence electrons. The molecule has 0 aliphatic carbocycles. The lowest BCUT2D eigenvalue weighted by Crippen LogP contribution is -2.44. The first kappa shape index (κ1) is 13.3. The van der Waals surface area contributed by atoms with E-state index in [1.54, 1.807) is 0 Å². The standard InChI is InChI=1S/C14H20N2OS/c1-9-5-4-6-12(13(9)15)14(17)16-7-10(2)18-11(3)8-16/h4-6,10-11H,7-8,15H2,1-3H3. The number of nitrogen functional groups attached to an aromatic ring is 1. The number of rotatable bonds is 1. The van der Waals surface area contributed by atoms with Gasteiger partial charge in [-0.1, -0.05) is 26.0 Å². The van der Waals surface area contributed by atoms with Crippen molar-refractivity contribution in [1.29, 1.82) is 0 Å². The van der Waals surface area contributed by atoms with Gasteiger partial charge in [0.05, 0.1) is 5.56 Å². The molecule has 1 aromatic carbocycles. The van der Waals surface area contributed by atoms with Crippen LogP contribution >= 0.6 is 11.8 Å². The molecule has 2 N–H and O–H groups in total. The largest absolute Gasteiger partial charge is 0.398 e. The van der Waals surface area contributed by atoms with E-state index in [1.807, 2.05) is 41.8 Å². The maximum Gasteiger partial charge on any atom is 0.256 e. The molecule has 4 heteroatoms. The third kappa shape index (κ3) is 2.64. The Balaban J connectivity index is 2.23. The number of carbonyl (C=O) groups excluding carboxylic acids is 1. The maximum atomic E-state index is 12.5. The molecular formula is C14H20N2OS. The predicted octanol–water partition coefficient (Wildman–Crippen LogP) is 2.54. The molecular weight excluding hydrogens is 244 g/mol. The fraction of sp³-hybridized carbons (Fsp3) is 0.500. The number of carbonyl (C=O) groups is 1. The number of thioether (sulfide) groups is 1. The van der Waals surface area contributed by atoms with E-state index in [1.165, 1.54) is 0 Å². The minimum Gasteiger partial charge on any atom is -0.398 e. The second-order valence-electron chi connectivity index (χ2n) is 5.00. The van der Waals surface area contributed by atoms with Crippen LogP contribution in [0.25, 0.3) is 0 Å². The smallest absolute Gasteiger partial charge is 0.256 e. The highest BCUT2D eigenvalue weighted by Gasteiger charge is 2.27. The summed E-state index contributed by atoms with van der Waals surface area (Å²) in [6, 6.07) is 5.65. The average molecular weight is 264 g/mol. The van der Waals surface area contributed by atoms with Gasteiger partial charge in [0, 0.05) is 29.3 Å². The van der Waals surface area contributed by atoms with E-state index in [-0.39, 0.29) is 5.91 Å². The van der Waals surface area contributed by atoms with Crippen LogP contribution in [0.3, 0.4) is 0 Å². The summed E-state index contributed by atoms with van der Waals surface area (Å²) in [5.41, 5.74) is 8.22. The molecule has 1 aliphatic heterocycles. The predicted molar refractivity (Wildman–Crippen MR) is 78.0 cm³/mol. The van der Waals surface area contributed by atoms with Crippen molar-refractivity contribution in [2.24, 2.45) is 0 Å². The summed E-state index contributed by atoms with van der Waals surface area (Å²) in [4.78, 5) is 14.4. The molecule has 1 aliphatic rings. The third-order valence-electron chi connectivity index (χ3n) is 3.26. The zero-order valence-electron chi connectivity index (χ0n) is 11.1. The van der Waals surface area contributed by atoms with Gasteiger partial charge in [0.2, 0.25) is 0 Å². The van der Waals surface area contributed by atoms with Gasteiger partial charge < -0.3 is 10.6 Å². The molecule has 0 bridgehead atoms.